The number of aliphatic hydroxyl groups excluding tert-OH is 1. The first-order valence-electron chi connectivity index (χ1n) is 7.76. The van der Waals surface area contributed by atoms with Crippen LogP contribution in [-0.4, -0.2) is 48.3 Å². The topological polar surface area (TPSA) is 64.6 Å². The van der Waals surface area contributed by atoms with Gasteiger partial charge in [0.05, 0.1) is 6.10 Å². The molecule has 0 bridgehead atoms. The molecule has 2 rings (SSSR count). The lowest BCUT2D eigenvalue weighted by atomic mass is 10.1. The number of benzene rings is 1. The monoisotopic (exact) mass is 325 g/mol. The Kier molecular flexibility index (Phi) is 6.49. The molecule has 0 spiro atoms. The Morgan fingerprint density at radius 3 is 2.82 bits per heavy atom. The van der Waals surface area contributed by atoms with Crippen molar-refractivity contribution in [3.8, 4) is 0 Å². The van der Waals surface area contributed by atoms with Crippen molar-refractivity contribution in [3.05, 3.63) is 28.8 Å². The van der Waals surface area contributed by atoms with E-state index in [1.54, 1.807) is 12.1 Å². The number of carbonyl (C=O) groups excluding carboxylic acids is 1. The molecule has 1 heterocycles. The van der Waals surface area contributed by atoms with E-state index < -0.39 is 6.10 Å². The highest BCUT2D eigenvalue weighted by molar-refractivity contribution is 6.31. The standard InChI is InChI=1S/C16H24ClN3O2/c1-12-5-6-13(17)9-15(12)19-16(22)18-10-14(21)11-20-7-3-2-4-8-20/h5-6,9,14,21H,2-4,7-8,10-11H2,1H3,(H2,18,19,22)/t14-/m0/s1. The maximum Gasteiger partial charge on any atom is 0.319 e. The number of anilines is 1. The van der Waals surface area contributed by atoms with E-state index in [9.17, 15) is 9.90 Å². The van der Waals surface area contributed by atoms with Gasteiger partial charge in [-0.2, -0.15) is 0 Å². The third-order valence-corrected chi connectivity index (χ3v) is 4.10. The number of nitrogens with zero attached hydrogens (tertiary/aromatic N) is 1. The number of amides is 2. The lowest BCUT2D eigenvalue weighted by molar-refractivity contribution is 0.102. The molecule has 0 aliphatic carbocycles. The van der Waals surface area contributed by atoms with E-state index in [1.807, 2.05) is 13.0 Å². The van der Waals surface area contributed by atoms with Crippen LogP contribution in [0.15, 0.2) is 18.2 Å². The van der Waals surface area contributed by atoms with Gasteiger partial charge in [0.15, 0.2) is 0 Å². The molecular weight excluding hydrogens is 302 g/mol. The van der Waals surface area contributed by atoms with Gasteiger partial charge in [-0.25, -0.2) is 4.79 Å². The summed E-state index contributed by atoms with van der Waals surface area (Å²) < 4.78 is 0. The molecule has 0 aromatic heterocycles. The van der Waals surface area contributed by atoms with Crippen molar-refractivity contribution >= 4 is 23.3 Å². The molecule has 5 nitrogen and oxygen atoms in total. The largest absolute Gasteiger partial charge is 0.390 e. The lowest BCUT2D eigenvalue weighted by Gasteiger charge is -2.28. The second-order valence-electron chi connectivity index (χ2n) is 5.81. The van der Waals surface area contributed by atoms with Crippen LogP contribution in [0.5, 0.6) is 0 Å². The maximum atomic E-state index is 11.9. The highest BCUT2D eigenvalue weighted by atomic mass is 35.5. The predicted octanol–water partition coefficient (Wildman–Crippen LogP) is 2.62. The van der Waals surface area contributed by atoms with E-state index in [0.29, 0.717) is 17.3 Å². The third-order valence-electron chi connectivity index (χ3n) is 3.86. The summed E-state index contributed by atoms with van der Waals surface area (Å²) in [4.78, 5) is 14.1. The number of halogens is 1. The summed E-state index contributed by atoms with van der Waals surface area (Å²) in [5.74, 6) is 0. The summed E-state index contributed by atoms with van der Waals surface area (Å²) in [6, 6.07) is 5.01. The fourth-order valence-corrected chi connectivity index (χ4v) is 2.78. The number of aryl methyl sites for hydroxylation is 1. The smallest absolute Gasteiger partial charge is 0.319 e. The zero-order valence-electron chi connectivity index (χ0n) is 12.9. The predicted molar refractivity (Wildman–Crippen MR) is 89.5 cm³/mol. The van der Waals surface area contributed by atoms with Crippen LogP contribution in [0.4, 0.5) is 10.5 Å². The lowest BCUT2D eigenvalue weighted by Crippen LogP contribution is -2.43. The van der Waals surface area contributed by atoms with Gasteiger partial charge < -0.3 is 20.6 Å². The molecule has 1 aliphatic heterocycles. The zero-order valence-corrected chi connectivity index (χ0v) is 13.7. The van der Waals surface area contributed by atoms with Gasteiger partial charge in [-0.15, -0.1) is 0 Å². The van der Waals surface area contributed by atoms with Crippen LogP contribution in [-0.2, 0) is 0 Å². The Labute approximate surface area is 136 Å². The van der Waals surface area contributed by atoms with Gasteiger partial charge in [0.2, 0.25) is 0 Å². The van der Waals surface area contributed by atoms with Gasteiger partial charge in [-0.05, 0) is 50.6 Å². The summed E-state index contributed by atoms with van der Waals surface area (Å²) in [7, 11) is 0. The van der Waals surface area contributed by atoms with Gasteiger partial charge in [-0.3, -0.25) is 0 Å². The van der Waals surface area contributed by atoms with Crippen LogP contribution >= 0.6 is 11.6 Å². The fraction of sp³-hybridized carbons (Fsp3) is 0.562. The molecule has 1 atom stereocenters. The van der Waals surface area contributed by atoms with Crippen molar-refractivity contribution in [2.45, 2.75) is 32.3 Å². The summed E-state index contributed by atoms with van der Waals surface area (Å²) in [6.07, 6.45) is 3.10. The Bertz CT molecular complexity index is 504. The number of rotatable bonds is 5. The Balaban J connectivity index is 1.73. The Morgan fingerprint density at radius 1 is 1.36 bits per heavy atom. The van der Waals surface area contributed by atoms with Crippen molar-refractivity contribution < 1.29 is 9.90 Å². The molecule has 1 aromatic rings. The second kappa shape index (κ2) is 8.36. The summed E-state index contributed by atoms with van der Waals surface area (Å²) in [5.41, 5.74) is 1.61. The molecule has 0 unspecified atom stereocenters. The summed E-state index contributed by atoms with van der Waals surface area (Å²) >= 11 is 5.92. The quantitative estimate of drug-likeness (QED) is 0.779. The Hall–Kier alpha value is -1.30. The Morgan fingerprint density at radius 2 is 2.09 bits per heavy atom. The number of nitrogens with one attached hydrogen (secondary N) is 2. The molecule has 3 N–H and O–H groups in total. The minimum absolute atomic E-state index is 0.238. The molecular formula is C16H24ClN3O2. The minimum Gasteiger partial charge on any atom is -0.390 e. The van der Waals surface area contributed by atoms with Crippen LogP contribution in [0.1, 0.15) is 24.8 Å². The molecule has 1 saturated heterocycles. The van der Waals surface area contributed by atoms with Crippen LogP contribution < -0.4 is 10.6 Å². The molecule has 0 radical (unpaired) electrons. The van der Waals surface area contributed by atoms with Crippen LogP contribution in [0.25, 0.3) is 0 Å². The normalized spacial score (nSPS) is 17.0. The van der Waals surface area contributed by atoms with Crippen molar-refractivity contribution in [1.29, 1.82) is 0 Å². The zero-order chi connectivity index (χ0) is 15.9. The maximum absolute atomic E-state index is 11.9. The number of hydrogen-bond acceptors (Lipinski definition) is 3. The molecule has 2 amide bonds. The SMILES string of the molecule is Cc1ccc(Cl)cc1NC(=O)NC[C@H](O)CN1CCCCC1. The van der Waals surface area contributed by atoms with Crippen molar-refractivity contribution in [3.63, 3.8) is 0 Å². The van der Waals surface area contributed by atoms with E-state index >= 15 is 0 Å². The van der Waals surface area contributed by atoms with E-state index in [2.05, 4.69) is 15.5 Å². The van der Waals surface area contributed by atoms with E-state index in [0.717, 1.165) is 18.7 Å². The first-order chi connectivity index (χ1) is 10.5. The highest BCUT2D eigenvalue weighted by Gasteiger charge is 2.15. The molecule has 22 heavy (non-hydrogen) atoms. The second-order valence-corrected chi connectivity index (χ2v) is 6.25. The first kappa shape index (κ1) is 17.1. The first-order valence-corrected chi connectivity index (χ1v) is 8.14. The van der Waals surface area contributed by atoms with Crippen molar-refractivity contribution in [2.24, 2.45) is 0 Å². The molecule has 1 fully saturated rings. The van der Waals surface area contributed by atoms with E-state index in [4.69, 9.17) is 11.6 Å². The van der Waals surface area contributed by atoms with Gasteiger partial charge in [-0.1, -0.05) is 24.1 Å². The number of β-amino-alcohol motifs (C(OH)–C–C–N with tert-alkyl or cyclic N) is 1. The molecule has 6 heteroatoms. The van der Waals surface area contributed by atoms with Crippen molar-refractivity contribution in [2.75, 3.05) is 31.5 Å². The number of hydrogen-bond donors (Lipinski definition) is 3. The fourth-order valence-electron chi connectivity index (χ4n) is 2.61. The molecule has 1 aromatic carbocycles. The summed E-state index contributed by atoms with van der Waals surface area (Å²) in [5, 5.41) is 16.0. The van der Waals surface area contributed by atoms with Gasteiger partial charge >= 0.3 is 6.03 Å². The van der Waals surface area contributed by atoms with Gasteiger partial charge in [0, 0.05) is 23.8 Å². The van der Waals surface area contributed by atoms with E-state index in [1.165, 1.54) is 19.3 Å². The number of aliphatic hydroxyl groups is 1. The number of piperidine rings is 1. The number of carbonyl (C=O) groups is 1. The number of likely N-dealkylation sites (tertiary alicyclic amines) is 1. The molecule has 1 aliphatic rings. The third kappa shape index (κ3) is 5.48. The van der Waals surface area contributed by atoms with Gasteiger partial charge in [0.1, 0.15) is 0 Å². The minimum atomic E-state index is -0.552. The van der Waals surface area contributed by atoms with Crippen LogP contribution in [0, 0.1) is 6.92 Å². The summed E-state index contributed by atoms with van der Waals surface area (Å²) in [6.45, 7) is 4.81. The van der Waals surface area contributed by atoms with E-state index in [-0.39, 0.29) is 12.6 Å². The highest BCUT2D eigenvalue weighted by Crippen LogP contribution is 2.19. The molecule has 122 valence electrons. The number of urea groups is 1. The van der Waals surface area contributed by atoms with Gasteiger partial charge in [0.25, 0.3) is 0 Å². The molecule has 0 saturated carbocycles. The van der Waals surface area contributed by atoms with Crippen LogP contribution in [0.2, 0.25) is 5.02 Å². The average molecular weight is 326 g/mol. The van der Waals surface area contributed by atoms with Crippen LogP contribution in [0.3, 0.4) is 0 Å². The average Bonchev–Trinajstić information content (AvgIpc) is 2.50. The van der Waals surface area contributed by atoms with Crippen molar-refractivity contribution in [1.82, 2.24) is 10.2 Å².